The van der Waals surface area contributed by atoms with Crippen molar-refractivity contribution in [3.05, 3.63) is 0 Å². The molecule has 0 radical (unpaired) electrons. The van der Waals surface area contributed by atoms with Crippen LogP contribution in [0, 0.1) is 0 Å². The number of rotatable bonds is 19. The van der Waals surface area contributed by atoms with Crippen molar-refractivity contribution in [2.75, 3.05) is 13.1 Å². The van der Waals surface area contributed by atoms with E-state index in [0.717, 1.165) is 38.8 Å². The van der Waals surface area contributed by atoms with Crippen molar-refractivity contribution < 1.29 is 14.4 Å². The Bertz CT molecular complexity index is 366. The Hall–Kier alpha value is -1.03. The monoisotopic (exact) mass is 353 g/mol. The summed E-state index contributed by atoms with van der Waals surface area (Å²) in [5, 5.41) is 3.31. The maximum atomic E-state index is 11.8. The van der Waals surface area contributed by atoms with Crippen LogP contribution in [0.1, 0.15) is 104 Å². The maximum Gasteiger partial charge on any atom is 0.134 e. The summed E-state index contributed by atoms with van der Waals surface area (Å²) in [6, 6.07) is 0. The lowest BCUT2D eigenvalue weighted by atomic mass is 10.0. The number of Topliss-reactive ketones (excluding diaryl/α,β-unsaturated/α-hetero) is 3. The standard InChI is InChI=1S/C21H39NO3/c1-3-4-5-8-11-17-22-18-16-21(25)15-14-20(24)13-10-7-6-9-12-19(2)23/h22H,3-18H2,1-2H3. The lowest BCUT2D eigenvalue weighted by molar-refractivity contribution is -0.124. The third kappa shape index (κ3) is 19.1. The number of hydrogen-bond acceptors (Lipinski definition) is 4. The molecule has 0 aliphatic carbocycles. The largest absolute Gasteiger partial charge is 0.316 e. The Morgan fingerprint density at radius 1 is 0.600 bits per heavy atom. The van der Waals surface area contributed by atoms with Crippen molar-refractivity contribution in [3.63, 3.8) is 0 Å². The summed E-state index contributed by atoms with van der Waals surface area (Å²) in [6.07, 6.45) is 12.7. The molecule has 0 saturated carbocycles. The first-order valence-electron chi connectivity index (χ1n) is 10.3. The Balaban J connectivity index is 3.37. The van der Waals surface area contributed by atoms with Crippen LogP contribution in [0.3, 0.4) is 0 Å². The fourth-order valence-electron chi connectivity index (χ4n) is 2.78. The molecule has 0 spiro atoms. The lowest BCUT2D eigenvalue weighted by Gasteiger charge is -2.05. The Morgan fingerprint density at radius 3 is 1.80 bits per heavy atom. The molecular weight excluding hydrogens is 314 g/mol. The predicted octanol–water partition coefficient (Wildman–Crippen LogP) is 4.78. The van der Waals surface area contributed by atoms with E-state index in [1.165, 1.54) is 32.1 Å². The first-order chi connectivity index (χ1) is 12.1. The molecule has 0 saturated heterocycles. The molecule has 0 aliphatic rings. The summed E-state index contributed by atoms with van der Waals surface area (Å²) in [5.74, 6) is 0.623. The van der Waals surface area contributed by atoms with E-state index < -0.39 is 0 Å². The van der Waals surface area contributed by atoms with Gasteiger partial charge in [-0.15, -0.1) is 0 Å². The first kappa shape index (κ1) is 24.0. The lowest BCUT2D eigenvalue weighted by Crippen LogP contribution is -2.19. The van der Waals surface area contributed by atoms with Crippen LogP contribution >= 0.6 is 0 Å². The summed E-state index contributed by atoms with van der Waals surface area (Å²) in [4.78, 5) is 34.4. The van der Waals surface area contributed by atoms with Crippen LogP contribution in [-0.4, -0.2) is 30.4 Å². The molecule has 0 aromatic carbocycles. The van der Waals surface area contributed by atoms with Crippen LogP contribution in [0.5, 0.6) is 0 Å². The van der Waals surface area contributed by atoms with E-state index in [1.54, 1.807) is 6.92 Å². The molecule has 0 aromatic heterocycles. The van der Waals surface area contributed by atoms with Gasteiger partial charge >= 0.3 is 0 Å². The summed E-state index contributed by atoms with van der Waals surface area (Å²) in [5.41, 5.74) is 0. The molecule has 0 amide bonds. The topological polar surface area (TPSA) is 63.2 Å². The van der Waals surface area contributed by atoms with Gasteiger partial charge in [-0.05, 0) is 32.7 Å². The molecule has 4 nitrogen and oxygen atoms in total. The van der Waals surface area contributed by atoms with Crippen LogP contribution < -0.4 is 5.32 Å². The Morgan fingerprint density at radius 2 is 1.16 bits per heavy atom. The van der Waals surface area contributed by atoms with Crippen molar-refractivity contribution in [3.8, 4) is 0 Å². The third-order valence-electron chi connectivity index (χ3n) is 4.45. The van der Waals surface area contributed by atoms with Crippen molar-refractivity contribution in [1.29, 1.82) is 0 Å². The second-order valence-electron chi connectivity index (χ2n) is 7.11. The van der Waals surface area contributed by atoms with Crippen LogP contribution in [0.25, 0.3) is 0 Å². The van der Waals surface area contributed by atoms with E-state index in [2.05, 4.69) is 12.2 Å². The van der Waals surface area contributed by atoms with Gasteiger partial charge in [-0.25, -0.2) is 0 Å². The quantitative estimate of drug-likeness (QED) is 0.339. The number of unbranched alkanes of at least 4 members (excludes halogenated alkanes) is 7. The van der Waals surface area contributed by atoms with Gasteiger partial charge in [0.25, 0.3) is 0 Å². The van der Waals surface area contributed by atoms with Crippen molar-refractivity contribution >= 4 is 17.3 Å². The van der Waals surface area contributed by atoms with Crippen molar-refractivity contribution in [1.82, 2.24) is 5.32 Å². The maximum absolute atomic E-state index is 11.8. The van der Waals surface area contributed by atoms with Crippen LogP contribution in [0.2, 0.25) is 0 Å². The molecule has 0 rings (SSSR count). The van der Waals surface area contributed by atoms with Gasteiger partial charge in [-0.1, -0.05) is 45.4 Å². The number of ketones is 3. The number of carbonyl (C=O) groups is 3. The van der Waals surface area contributed by atoms with Gasteiger partial charge in [-0.3, -0.25) is 9.59 Å². The van der Waals surface area contributed by atoms with E-state index in [-0.39, 0.29) is 17.3 Å². The molecule has 0 heterocycles. The highest BCUT2D eigenvalue weighted by molar-refractivity contribution is 5.86. The molecule has 0 atom stereocenters. The minimum Gasteiger partial charge on any atom is -0.316 e. The van der Waals surface area contributed by atoms with E-state index in [4.69, 9.17) is 0 Å². The number of carbonyl (C=O) groups excluding carboxylic acids is 3. The molecule has 146 valence electrons. The van der Waals surface area contributed by atoms with Crippen LogP contribution in [0.4, 0.5) is 0 Å². The predicted molar refractivity (Wildman–Crippen MR) is 104 cm³/mol. The Labute approximate surface area is 154 Å². The molecule has 1 N–H and O–H groups in total. The van der Waals surface area contributed by atoms with E-state index in [0.29, 0.717) is 32.1 Å². The third-order valence-corrected chi connectivity index (χ3v) is 4.45. The van der Waals surface area contributed by atoms with Gasteiger partial charge in [0, 0.05) is 38.6 Å². The van der Waals surface area contributed by atoms with Gasteiger partial charge in [0.1, 0.15) is 17.3 Å². The van der Waals surface area contributed by atoms with Gasteiger partial charge in [0.05, 0.1) is 0 Å². The van der Waals surface area contributed by atoms with Gasteiger partial charge in [0.15, 0.2) is 0 Å². The van der Waals surface area contributed by atoms with E-state index >= 15 is 0 Å². The van der Waals surface area contributed by atoms with Gasteiger partial charge in [0.2, 0.25) is 0 Å². The van der Waals surface area contributed by atoms with Gasteiger partial charge < -0.3 is 10.1 Å². The molecule has 0 fully saturated rings. The van der Waals surface area contributed by atoms with Crippen molar-refractivity contribution in [2.45, 2.75) is 104 Å². The summed E-state index contributed by atoms with van der Waals surface area (Å²) < 4.78 is 0. The number of hydrogen-bond donors (Lipinski definition) is 1. The van der Waals surface area contributed by atoms with E-state index in [9.17, 15) is 14.4 Å². The zero-order valence-electron chi connectivity index (χ0n) is 16.5. The summed E-state index contributed by atoms with van der Waals surface area (Å²) in [6.45, 7) is 5.55. The van der Waals surface area contributed by atoms with Crippen LogP contribution in [0.15, 0.2) is 0 Å². The summed E-state index contributed by atoms with van der Waals surface area (Å²) in [7, 11) is 0. The fraction of sp³-hybridized carbons (Fsp3) is 0.857. The minimum atomic E-state index is 0.188. The highest BCUT2D eigenvalue weighted by atomic mass is 16.1. The zero-order chi connectivity index (χ0) is 18.8. The average Bonchev–Trinajstić information content (AvgIpc) is 2.58. The Kier molecular flexibility index (Phi) is 17.0. The molecular formula is C21H39NO3. The normalized spacial score (nSPS) is 10.8. The molecule has 0 unspecified atom stereocenters. The smallest absolute Gasteiger partial charge is 0.134 e. The van der Waals surface area contributed by atoms with Gasteiger partial charge in [-0.2, -0.15) is 0 Å². The summed E-state index contributed by atoms with van der Waals surface area (Å²) >= 11 is 0. The zero-order valence-corrected chi connectivity index (χ0v) is 16.5. The van der Waals surface area contributed by atoms with Crippen LogP contribution in [-0.2, 0) is 14.4 Å². The van der Waals surface area contributed by atoms with E-state index in [1.807, 2.05) is 0 Å². The molecule has 25 heavy (non-hydrogen) atoms. The highest BCUT2D eigenvalue weighted by Gasteiger charge is 2.07. The molecule has 0 aliphatic heterocycles. The molecule has 4 heteroatoms. The minimum absolute atomic E-state index is 0.188. The molecule has 0 bridgehead atoms. The second kappa shape index (κ2) is 17.8. The highest BCUT2D eigenvalue weighted by Crippen LogP contribution is 2.08. The molecule has 0 aromatic rings. The average molecular weight is 354 g/mol. The second-order valence-corrected chi connectivity index (χ2v) is 7.11. The SMILES string of the molecule is CCCCCCCNCCC(=O)CCC(=O)CCCCCCC(C)=O. The van der Waals surface area contributed by atoms with Crippen molar-refractivity contribution in [2.24, 2.45) is 0 Å². The fourth-order valence-corrected chi connectivity index (χ4v) is 2.78. The number of nitrogens with one attached hydrogen (secondary N) is 1. The first-order valence-corrected chi connectivity index (χ1v) is 10.3.